The number of thiocarbonyl (C=S) groups is 1. The molecule has 2 aromatic carbocycles. The number of hydrogen-bond donors (Lipinski definition) is 2. The molecule has 1 heterocycles. The highest BCUT2D eigenvalue weighted by Gasteiger charge is 2.26. The summed E-state index contributed by atoms with van der Waals surface area (Å²) in [6.45, 7) is 4.78. The van der Waals surface area contributed by atoms with Crippen LogP contribution in [0.15, 0.2) is 42.0 Å². The summed E-state index contributed by atoms with van der Waals surface area (Å²) < 4.78 is 12.6. The Kier molecular flexibility index (Phi) is 6.86. The average Bonchev–Trinajstić information content (AvgIpc) is 2.65. The van der Waals surface area contributed by atoms with Gasteiger partial charge in [0.25, 0.3) is 11.8 Å². The highest BCUT2D eigenvalue weighted by molar-refractivity contribution is 14.1. The summed E-state index contributed by atoms with van der Waals surface area (Å²) in [4.78, 5) is 24.2. The third kappa shape index (κ3) is 5.13. The predicted molar refractivity (Wildman–Crippen MR) is 123 cm³/mol. The minimum atomic E-state index is -0.536. The molecule has 0 unspecified atom stereocenters. The molecule has 2 N–H and O–H groups in total. The van der Waals surface area contributed by atoms with Crippen LogP contribution in [0.5, 0.6) is 11.5 Å². The van der Waals surface area contributed by atoms with Gasteiger partial charge in [-0.25, -0.2) is 0 Å². The Morgan fingerprint density at radius 3 is 2.45 bits per heavy atom. The first-order valence-corrected chi connectivity index (χ1v) is 10.4. The standard InChI is InChI=1S/C21H19IN2O4S/c1-3-27-17-10-13(8-15-19(25)23-21(29)24-20(15)26)9-16(22)18(17)28-11-14-7-5-4-6-12(14)2/h4-10H,3,11H2,1-2H3,(H2,23,24,25,26,29). The van der Waals surface area contributed by atoms with E-state index in [1.165, 1.54) is 6.08 Å². The third-order valence-electron chi connectivity index (χ3n) is 4.22. The molecule has 0 atom stereocenters. The van der Waals surface area contributed by atoms with Crippen molar-refractivity contribution < 1.29 is 19.1 Å². The van der Waals surface area contributed by atoms with E-state index in [1.54, 1.807) is 6.07 Å². The van der Waals surface area contributed by atoms with Gasteiger partial charge in [-0.05, 0) is 83.6 Å². The first kappa shape index (κ1) is 21.3. The lowest BCUT2D eigenvalue weighted by Crippen LogP contribution is -2.51. The molecule has 8 heteroatoms. The van der Waals surface area contributed by atoms with Gasteiger partial charge in [0.2, 0.25) is 0 Å². The lowest BCUT2D eigenvalue weighted by molar-refractivity contribution is -0.123. The van der Waals surface area contributed by atoms with Crippen LogP contribution < -0.4 is 20.1 Å². The molecule has 0 bridgehead atoms. The fraction of sp³-hybridized carbons (Fsp3) is 0.190. The van der Waals surface area contributed by atoms with E-state index in [9.17, 15) is 9.59 Å². The molecule has 0 saturated carbocycles. The van der Waals surface area contributed by atoms with Crippen LogP contribution >= 0.6 is 34.8 Å². The predicted octanol–water partition coefficient (Wildman–Crippen LogP) is 3.49. The number of nitrogens with one attached hydrogen (secondary N) is 2. The maximum absolute atomic E-state index is 12.1. The van der Waals surface area contributed by atoms with Gasteiger partial charge in [0.05, 0.1) is 10.2 Å². The molecule has 0 radical (unpaired) electrons. The Hall–Kier alpha value is -2.46. The van der Waals surface area contributed by atoms with E-state index in [2.05, 4.69) is 33.2 Å². The van der Waals surface area contributed by atoms with Crippen molar-refractivity contribution in [3.8, 4) is 11.5 Å². The van der Waals surface area contributed by atoms with E-state index in [0.29, 0.717) is 30.3 Å². The summed E-state index contributed by atoms with van der Waals surface area (Å²) in [6, 6.07) is 11.6. The van der Waals surface area contributed by atoms with Crippen molar-refractivity contribution >= 4 is 57.8 Å². The Morgan fingerprint density at radius 2 is 1.79 bits per heavy atom. The maximum atomic E-state index is 12.1. The van der Waals surface area contributed by atoms with Crippen molar-refractivity contribution in [1.29, 1.82) is 0 Å². The van der Waals surface area contributed by atoms with Gasteiger partial charge >= 0.3 is 0 Å². The zero-order valence-corrected chi connectivity index (χ0v) is 18.8. The quantitative estimate of drug-likeness (QED) is 0.263. The summed E-state index contributed by atoms with van der Waals surface area (Å²) in [5.74, 6) is 0.0988. The van der Waals surface area contributed by atoms with Crippen molar-refractivity contribution in [3.63, 3.8) is 0 Å². The Bertz CT molecular complexity index is 998. The largest absolute Gasteiger partial charge is 0.490 e. The van der Waals surface area contributed by atoms with Crippen molar-refractivity contribution in [2.75, 3.05) is 6.61 Å². The molecule has 1 fully saturated rings. The van der Waals surface area contributed by atoms with Gasteiger partial charge in [-0.15, -0.1) is 0 Å². The smallest absolute Gasteiger partial charge is 0.263 e. The molecule has 6 nitrogen and oxygen atoms in total. The third-order valence-corrected chi connectivity index (χ3v) is 5.22. The second kappa shape index (κ2) is 9.36. The molecule has 1 aliphatic rings. The molecule has 0 aliphatic carbocycles. The van der Waals surface area contributed by atoms with E-state index in [4.69, 9.17) is 21.7 Å². The summed E-state index contributed by atoms with van der Waals surface area (Å²) in [5, 5.41) is 4.85. The Balaban J connectivity index is 1.91. The minimum absolute atomic E-state index is 0.00156. The number of carbonyl (C=O) groups excluding carboxylic acids is 2. The number of rotatable bonds is 6. The zero-order chi connectivity index (χ0) is 21.0. The summed E-state index contributed by atoms with van der Waals surface area (Å²) in [5.41, 5.74) is 2.86. The van der Waals surface area contributed by atoms with Gasteiger partial charge in [0, 0.05) is 0 Å². The van der Waals surface area contributed by atoms with E-state index in [-0.39, 0.29) is 10.7 Å². The fourth-order valence-electron chi connectivity index (χ4n) is 2.77. The van der Waals surface area contributed by atoms with Gasteiger partial charge in [-0.1, -0.05) is 24.3 Å². The fourth-order valence-corrected chi connectivity index (χ4v) is 3.74. The van der Waals surface area contributed by atoms with Crippen molar-refractivity contribution in [2.24, 2.45) is 0 Å². The molecule has 2 aromatic rings. The van der Waals surface area contributed by atoms with Crippen LogP contribution in [0.1, 0.15) is 23.6 Å². The van der Waals surface area contributed by atoms with Crippen molar-refractivity contribution in [1.82, 2.24) is 10.6 Å². The van der Waals surface area contributed by atoms with Crippen LogP contribution in [0, 0.1) is 10.5 Å². The van der Waals surface area contributed by atoms with E-state index in [1.807, 2.05) is 44.2 Å². The lowest BCUT2D eigenvalue weighted by Gasteiger charge is -2.18. The number of amides is 2. The van der Waals surface area contributed by atoms with Gasteiger partial charge < -0.3 is 9.47 Å². The normalized spacial score (nSPS) is 13.6. The number of benzene rings is 2. The van der Waals surface area contributed by atoms with Crippen LogP contribution in [0.25, 0.3) is 6.08 Å². The molecule has 150 valence electrons. The Labute approximate surface area is 187 Å². The van der Waals surface area contributed by atoms with Gasteiger partial charge in [-0.2, -0.15) is 0 Å². The highest BCUT2D eigenvalue weighted by Crippen LogP contribution is 2.35. The monoisotopic (exact) mass is 522 g/mol. The summed E-state index contributed by atoms with van der Waals surface area (Å²) >= 11 is 6.97. The topological polar surface area (TPSA) is 76.7 Å². The number of aryl methyl sites for hydroxylation is 1. The van der Waals surface area contributed by atoms with Crippen LogP contribution in [0.3, 0.4) is 0 Å². The number of hydrogen-bond acceptors (Lipinski definition) is 5. The van der Waals surface area contributed by atoms with Crippen molar-refractivity contribution in [3.05, 3.63) is 62.2 Å². The lowest BCUT2D eigenvalue weighted by atomic mass is 10.1. The zero-order valence-electron chi connectivity index (χ0n) is 15.9. The number of ether oxygens (including phenoxy) is 2. The van der Waals surface area contributed by atoms with Crippen LogP contribution in [-0.4, -0.2) is 23.5 Å². The molecular formula is C21H19IN2O4S. The molecule has 29 heavy (non-hydrogen) atoms. The summed E-state index contributed by atoms with van der Waals surface area (Å²) in [6.07, 6.45) is 1.50. The second-order valence-corrected chi connectivity index (χ2v) is 7.84. The van der Waals surface area contributed by atoms with Gasteiger partial charge in [-0.3, -0.25) is 20.2 Å². The van der Waals surface area contributed by atoms with Gasteiger partial charge in [0.1, 0.15) is 12.2 Å². The summed E-state index contributed by atoms with van der Waals surface area (Å²) in [7, 11) is 0. The molecule has 1 saturated heterocycles. The van der Waals surface area contributed by atoms with Crippen LogP contribution in [0.2, 0.25) is 0 Å². The number of carbonyl (C=O) groups is 2. The van der Waals surface area contributed by atoms with Crippen LogP contribution in [0.4, 0.5) is 0 Å². The second-order valence-electron chi connectivity index (χ2n) is 6.27. The molecule has 3 rings (SSSR count). The molecule has 0 spiro atoms. The highest BCUT2D eigenvalue weighted by atomic mass is 127. The SMILES string of the molecule is CCOc1cc(C=C2C(=O)NC(=S)NC2=O)cc(I)c1OCc1ccccc1C. The Morgan fingerprint density at radius 1 is 1.10 bits per heavy atom. The van der Waals surface area contributed by atoms with E-state index in [0.717, 1.165) is 14.7 Å². The molecule has 2 amide bonds. The van der Waals surface area contributed by atoms with Crippen molar-refractivity contribution in [2.45, 2.75) is 20.5 Å². The average molecular weight is 522 g/mol. The minimum Gasteiger partial charge on any atom is -0.490 e. The van der Waals surface area contributed by atoms with E-state index >= 15 is 0 Å². The first-order chi connectivity index (χ1) is 13.9. The van der Waals surface area contributed by atoms with Gasteiger partial charge in [0.15, 0.2) is 16.6 Å². The first-order valence-electron chi connectivity index (χ1n) is 8.91. The molecule has 1 aliphatic heterocycles. The molecular weight excluding hydrogens is 503 g/mol. The number of halogens is 1. The maximum Gasteiger partial charge on any atom is 0.263 e. The van der Waals surface area contributed by atoms with Crippen LogP contribution in [-0.2, 0) is 16.2 Å². The van der Waals surface area contributed by atoms with E-state index < -0.39 is 11.8 Å². The molecule has 0 aromatic heterocycles.